The van der Waals surface area contributed by atoms with Crippen LogP contribution in [0.15, 0.2) is 103 Å². The molecule has 1 N–H and O–H groups in total. The first-order valence-electron chi connectivity index (χ1n) is 12.2. The Labute approximate surface area is 226 Å². The molecule has 0 saturated heterocycles. The molecule has 4 aromatic rings. The van der Waals surface area contributed by atoms with Crippen molar-refractivity contribution in [2.24, 2.45) is 0 Å². The number of rotatable bonds is 10. The second-order valence-corrected chi connectivity index (χ2v) is 9.27. The molecule has 194 valence electrons. The Bertz CT molecular complexity index is 1350. The smallest absolute Gasteiger partial charge is 0.247 e. The number of carbonyl (C=O) groups excluding carboxylic acids is 2. The van der Waals surface area contributed by atoms with Crippen LogP contribution in [-0.4, -0.2) is 23.8 Å². The van der Waals surface area contributed by atoms with Gasteiger partial charge in [-0.05, 0) is 58.7 Å². The standard InChI is InChI=1S/C31H28ClFN2O3/c1-38-28-17-11-23(12-18-28)20-34-31(37)30(25-5-3-2-4-6-25)35(21-24-9-15-27(33)16-10-24)29(36)19-22-7-13-26(32)14-8-22/h2-18,30H,19-21H2,1H3,(H,34,37)/t30-/m0/s1. The first kappa shape index (κ1) is 26.9. The van der Waals surface area contributed by atoms with Crippen LogP contribution < -0.4 is 10.1 Å². The van der Waals surface area contributed by atoms with Gasteiger partial charge in [0.25, 0.3) is 0 Å². The van der Waals surface area contributed by atoms with E-state index in [2.05, 4.69) is 5.32 Å². The highest BCUT2D eigenvalue weighted by Gasteiger charge is 2.31. The van der Waals surface area contributed by atoms with Crippen molar-refractivity contribution in [3.63, 3.8) is 0 Å². The predicted octanol–water partition coefficient (Wildman–Crippen LogP) is 6.12. The van der Waals surface area contributed by atoms with Crippen molar-refractivity contribution in [1.82, 2.24) is 10.2 Å². The van der Waals surface area contributed by atoms with E-state index >= 15 is 0 Å². The summed E-state index contributed by atoms with van der Waals surface area (Å²) >= 11 is 6.02. The van der Waals surface area contributed by atoms with Crippen molar-refractivity contribution < 1.29 is 18.7 Å². The normalized spacial score (nSPS) is 11.4. The average molecular weight is 531 g/mol. The van der Waals surface area contributed by atoms with E-state index in [0.717, 1.165) is 16.9 Å². The molecule has 4 aromatic carbocycles. The molecule has 0 spiro atoms. The Morgan fingerprint density at radius 1 is 0.842 bits per heavy atom. The molecule has 0 fully saturated rings. The Hall–Kier alpha value is -4.16. The topological polar surface area (TPSA) is 58.6 Å². The van der Waals surface area contributed by atoms with E-state index in [-0.39, 0.29) is 37.1 Å². The maximum atomic E-state index is 13.8. The molecule has 1 atom stereocenters. The van der Waals surface area contributed by atoms with Crippen LogP contribution in [0.2, 0.25) is 5.02 Å². The van der Waals surface area contributed by atoms with Gasteiger partial charge in [0.05, 0.1) is 13.5 Å². The number of methoxy groups -OCH3 is 1. The Kier molecular flexibility index (Phi) is 9.11. The molecule has 0 heterocycles. The number of nitrogens with one attached hydrogen (secondary N) is 1. The van der Waals surface area contributed by atoms with Gasteiger partial charge in [-0.2, -0.15) is 0 Å². The number of amides is 2. The highest BCUT2D eigenvalue weighted by atomic mass is 35.5. The summed E-state index contributed by atoms with van der Waals surface area (Å²) in [5, 5.41) is 3.56. The van der Waals surface area contributed by atoms with Crippen LogP contribution in [0.5, 0.6) is 5.75 Å². The number of hydrogen-bond donors (Lipinski definition) is 1. The summed E-state index contributed by atoms with van der Waals surface area (Å²) in [4.78, 5) is 29.0. The third kappa shape index (κ3) is 7.20. The Balaban J connectivity index is 1.65. The van der Waals surface area contributed by atoms with E-state index in [1.165, 1.54) is 12.1 Å². The van der Waals surface area contributed by atoms with Gasteiger partial charge in [0.2, 0.25) is 11.8 Å². The molecule has 0 aliphatic carbocycles. The van der Waals surface area contributed by atoms with E-state index in [1.807, 2.05) is 54.6 Å². The predicted molar refractivity (Wildman–Crippen MR) is 146 cm³/mol. The highest BCUT2D eigenvalue weighted by Crippen LogP contribution is 2.26. The van der Waals surface area contributed by atoms with Crippen LogP contribution in [0.3, 0.4) is 0 Å². The minimum atomic E-state index is -0.903. The second-order valence-electron chi connectivity index (χ2n) is 8.83. The number of nitrogens with zero attached hydrogens (tertiary/aromatic N) is 1. The zero-order valence-corrected chi connectivity index (χ0v) is 21.7. The van der Waals surface area contributed by atoms with Gasteiger partial charge < -0.3 is 15.0 Å². The van der Waals surface area contributed by atoms with Crippen molar-refractivity contribution in [1.29, 1.82) is 0 Å². The monoisotopic (exact) mass is 530 g/mol. The summed E-state index contributed by atoms with van der Waals surface area (Å²) in [7, 11) is 1.60. The highest BCUT2D eigenvalue weighted by molar-refractivity contribution is 6.30. The zero-order valence-electron chi connectivity index (χ0n) is 20.9. The summed E-state index contributed by atoms with van der Waals surface area (Å²) in [5.74, 6) is -0.214. The number of ether oxygens (including phenoxy) is 1. The van der Waals surface area contributed by atoms with Crippen LogP contribution >= 0.6 is 11.6 Å². The number of benzene rings is 4. The lowest BCUT2D eigenvalue weighted by atomic mass is 10.0. The third-order valence-electron chi connectivity index (χ3n) is 6.16. The van der Waals surface area contributed by atoms with Gasteiger partial charge in [-0.15, -0.1) is 0 Å². The van der Waals surface area contributed by atoms with Gasteiger partial charge in [-0.3, -0.25) is 9.59 Å². The minimum absolute atomic E-state index is 0.0768. The van der Waals surface area contributed by atoms with Crippen LogP contribution in [0.4, 0.5) is 4.39 Å². The van der Waals surface area contributed by atoms with E-state index < -0.39 is 6.04 Å². The van der Waals surface area contributed by atoms with E-state index in [1.54, 1.807) is 48.4 Å². The lowest BCUT2D eigenvalue weighted by molar-refractivity contribution is -0.141. The summed E-state index contributed by atoms with van der Waals surface area (Å²) in [6.45, 7) is 0.407. The van der Waals surface area contributed by atoms with Gasteiger partial charge in [-0.25, -0.2) is 4.39 Å². The molecular weight excluding hydrogens is 503 g/mol. The third-order valence-corrected chi connectivity index (χ3v) is 6.41. The zero-order chi connectivity index (χ0) is 26.9. The fourth-order valence-corrected chi connectivity index (χ4v) is 4.25. The summed E-state index contributed by atoms with van der Waals surface area (Å²) in [5.41, 5.74) is 3.04. The SMILES string of the molecule is COc1ccc(CNC(=O)[C@H](c2ccccc2)N(Cc2ccc(F)cc2)C(=O)Cc2ccc(Cl)cc2)cc1. The molecular formula is C31H28ClFN2O3. The minimum Gasteiger partial charge on any atom is -0.497 e. The average Bonchev–Trinajstić information content (AvgIpc) is 2.94. The first-order valence-corrected chi connectivity index (χ1v) is 12.5. The van der Waals surface area contributed by atoms with Crippen molar-refractivity contribution in [2.75, 3.05) is 7.11 Å². The quantitative estimate of drug-likeness (QED) is 0.269. The number of hydrogen-bond acceptors (Lipinski definition) is 3. The molecule has 0 saturated carbocycles. The van der Waals surface area contributed by atoms with E-state index in [9.17, 15) is 14.0 Å². The van der Waals surface area contributed by atoms with Gasteiger partial charge >= 0.3 is 0 Å². The molecule has 5 nitrogen and oxygen atoms in total. The second kappa shape index (κ2) is 12.9. The van der Waals surface area contributed by atoms with Crippen molar-refractivity contribution >= 4 is 23.4 Å². The Morgan fingerprint density at radius 2 is 1.45 bits per heavy atom. The van der Waals surface area contributed by atoms with E-state index in [0.29, 0.717) is 16.1 Å². The van der Waals surface area contributed by atoms with Gasteiger partial charge in [0.15, 0.2) is 0 Å². The van der Waals surface area contributed by atoms with Crippen LogP contribution in [0.25, 0.3) is 0 Å². The van der Waals surface area contributed by atoms with Crippen molar-refractivity contribution in [3.8, 4) is 5.75 Å². The first-order chi connectivity index (χ1) is 18.4. The van der Waals surface area contributed by atoms with E-state index in [4.69, 9.17) is 16.3 Å². The van der Waals surface area contributed by atoms with Crippen molar-refractivity contribution in [2.45, 2.75) is 25.6 Å². The summed E-state index contributed by atoms with van der Waals surface area (Å²) < 4.78 is 18.8. The molecule has 2 amide bonds. The van der Waals surface area contributed by atoms with Gasteiger partial charge in [0.1, 0.15) is 17.6 Å². The lowest BCUT2D eigenvalue weighted by Crippen LogP contribution is -2.43. The Morgan fingerprint density at radius 3 is 2.08 bits per heavy atom. The molecule has 7 heteroatoms. The fraction of sp³-hybridized carbons (Fsp3) is 0.161. The van der Waals surface area contributed by atoms with Crippen molar-refractivity contribution in [3.05, 3.63) is 136 Å². The molecule has 0 aliphatic heterocycles. The summed E-state index contributed by atoms with van der Waals surface area (Å²) in [6.07, 6.45) is 0.0768. The fourth-order valence-electron chi connectivity index (χ4n) is 4.13. The molecule has 4 rings (SSSR count). The lowest BCUT2D eigenvalue weighted by Gasteiger charge is -2.32. The van der Waals surface area contributed by atoms with Crippen LogP contribution in [-0.2, 0) is 29.1 Å². The summed E-state index contributed by atoms with van der Waals surface area (Å²) in [6, 6.07) is 28.6. The molecule has 38 heavy (non-hydrogen) atoms. The van der Waals surface area contributed by atoms with Gasteiger partial charge in [-0.1, -0.05) is 78.3 Å². The van der Waals surface area contributed by atoms with Gasteiger partial charge in [0, 0.05) is 18.1 Å². The number of halogens is 2. The molecule has 0 bridgehead atoms. The molecule has 0 aromatic heterocycles. The maximum absolute atomic E-state index is 13.8. The maximum Gasteiger partial charge on any atom is 0.247 e. The number of carbonyl (C=O) groups is 2. The van der Waals surface area contributed by atoms with Crippen LogP contribution in [0.1, 0.15) is 28.3 Å². The largest absolute Gasteiger partial charge is 0.497 e. The molecule has 0 unspecified atom stereocenters. The molecule has 0 radical (unpaired) electrons. The molecule has 0 aliphatic rings. The van der Waals surface area contributed by atoms with Crippen LogP contribution in [0, 0.1) is 5.82 Å².